The molecule has 2 N–H and O–H groups in total. The Morgan fingerprint density at radius 2 is 2.00 bits per heavy atom. The normalized spacial score (nSPS) is 10.3. The van der Waals surface area contributed by atoms with Gasteiger partial charge in [0.1, 0.15) is 17.3 Å². The summed E-state index contributed by atoms with van der Waals surface area (Å²) in [5, 5.41) is 0. The van der Waals surface area contributed by atoms with E-state index < -0.39 is 0 Å². The lowest BCUT2D eigenvalue weighted by Crippen LogP contribution is -2.11. The first-order valence-corrected chi connectivity index (χ1v) is 6.64. The van der Waals surface area contributed by atoms with Gasteiger partial charge in [0, 0.05) is 12.7 Å². The minimum Gasteiger partial charge on any atom is -0.490 e. The van der Waals surface area contributed by atoms with Gasteiger partial charge in [0.05, 0.1) is 24.3 Å². The maximum absolute atomic E-state index is 5.55. The minimum atomic E-state index is 0.366. The first-order valence-electron chi connectivity index (χ1n) is 5.44. The Bertz CT molecular complexity index is 401. The third-order valence-corrected chi connectivity index (χ3v) is 2.99. The second kappa shape index (κ2) is 8.42. The molecule has 0 atom stereocenters. The second-order valence-corrected chi connectivity index (χ2v) is 4.76. The summed E-state index contributed by atoms with van der Waals surface area (Å²) in [6.07, 6.45) is 0. The summed E-state index contributed by atoms with van der Waals surface area (Å²) in [6.45, 7) is 2.16. The maximum Gasteiger partial charge on any atom is 0.133 e. The number of thiocarbonyl (C=S) groups is 1. The molecule has 0 bridgehead atoms. The molecule has 0 aliphatic carbocycles. The van der Waals surface area contributed by atoms with Gasteiger partial charge in [-0.05, 0) is 34.1 Å². The van der Waals surface area contributed by atoms with Gasteiger partial charge in [-0.1, -0.05) is 12.2 Å². The number of nitrogens with two attached hydrogens (primary N) is 1. The fourth-order valence-corrected chi connectivity index (χ4v) is 1.85. The Kier molecular flexibility index (Phi) is 7.19. The van der Waals surface area contributed by atoms with Crippen LogP contribution in [-0.2, 0) is 9.47 Å². The molecule has 18 heavy (non-hydrogen) atoms. The average molecular weight is 334 g/mol. The monoisotopic (exact) mass is 333 g/mol. The van der Waals surface area contributed by atoms with E-state index in [1.54, 1.807) is 7.11 Å². The van der Waals surface area contributed by atoms with Crippen LogP contribution >= 0.6 is 28.1 Å². The maximum atomic E-state index is 5.55. The van der Waals surface area contributed by atoms with E-state index in [4.69, 9.17) is 32.2 Å². The summed E-state index contributed by atoms with van der Waals surface area (Å²) >= 11 is 8.30. The fraction of sp³-hybridized carbons (Fsp3) is 0.417. The molecule has 0 aliphatic heterocycles. The summed E-state index contributed by atoms with van der Waals surface area (Å²) in [4.78, 5) is 0.366. The molecule has 0 unspecified atom stereocenters. The molecule has 0 heterocycles. The number of hydrogen-bond acceptors (Lipinski definition) is 4. The van der Waals surface area contributed by atoms with Gasteiger partial charge in [0.25, 0.3) is 0 Å². The van der Waals surface area contributed by atoms with Crippen molar-refractivity contribution in [1.82, 2.24) is 0 Å². The van der Waals surface area contributed by atoms with Crippen LogP contribution in [0.4, 0.5) is 0 Å². The van der Waals surface area contributed by atoms with Gasteiger partial charge in [0.2, 0.25) is 0 Å². The molecule has 0 saturated heterocycles. The Morgan fingerprint density at radius 1 is 1.28 bits per heavy atom. The molecular formula is C12H16BrNO3S. The zero-order valence-electron chi connectivity index (χ0n) is 10.1. The SMILES string of the molecule is COCCOCCOc1ccc(C(N)=S)cc1Br. The van der Waals surface area contributed by atoms with Crippen molar-refractivity contribution in [1.29, 1.82) is 0 Å². The molecule has 0 fully saturated rings. The molecule has 0 radical (unpaired) electrons. The quantitative estimate of drug-likeness (QED) is 0.583. The van der Waals surface area contributed by atoms with Crippen molar-refractivity contribution in [2.75, 3.05) is 33.5 Å². The zero-order chi connectivity index (χ0) is 13.4. The highest BCUT2D eigenvalue weighted by atomic mass is 79.9. The van der Waals surface area contributed by atoms with Crippen LogP contribution in [0.3, 0.4) is 0 Å². The van der Waals surface area contributed by atoms with Crippen LogP contribution in [0.1, 0.15) is 5.56 Å². The number of hydrogen-bond donors (Lipinski definition) is 1. The highest BCUT2D eigenvalue weighted by molar-refractivity contribution is 9.10. The van der Waals surface area contributed by atoms with Gasteiger partial charge >= 0.3 is 0 Å². The summed E-state index contributed by atoms with van der Waals surface area (Å²) < 4.78 is 16.5. The Hall–Kier alpha value is -0.690. The highest BCUT2D eigenvalue weighted by Gasteiger charge is 2.04. The Balaban J connectivity index is 2.36. The largest absolute Gasteiger partial charge is 0.490 e. The predicted octanol–water partition coefficient (Wildman–Crippen LogP) is 2.13. The van der Waals surface area contributed by atoms with E-state index in [1.807, 2.05) is 18.2 Å². The summed E-state index contributed by atoms with van der Waals surface area (Å²) in [7, 11) is 1.64. The van der Waals surface area contributed by atoms with Gasteiger partial charge in [0.15, 0.2) is 0 Å². The molecule has 0 aliphatic rings. The Labute approximate surface area is 121 Å². The van der Waals surface area contributed by atoms with Crippen LogP contribution in [0.15, 0.2) is 22.7 Å². The highest BCUT2D eigenvalue weighted by Crippen LogP contribution is 2.25. The topological polar surface area (TPSA) is 53.7 Å². The van der Waals surface area contributed by atoms with Crippen molar-refractivity contribution in [3.63, 3.8) is 0 Å². The second-order valence-electron chi connectivity index (χ2n) is 3.46. The molecule has 0 saturated carbocycles. The van der Waals surface area contributed by atoms with Gasteiger partial charge in [-0.3, -0.25) is 0 Å². The molecule has 0 spiro atoms. The number of ether oxygens (including phenoxy) is 3. The van der Waals surface area contributed by atoms with Crippen LogP contribution in [-0.4, -0.2) is 38.5 Å². The molecule has 4 nitrogen and oxygen atoms in total. The van der Waals surface area contributed by atoms with Crippen molar-refractivity contribution >= 4 is 33.1 Å². The molecule has 6 heteroatoms. The van der Waals surface area contributed by atoms with E-state index in [1.165, 1.54) is 0 Å². The lowest BCUT2D eigenvalue weighted by molar-refractivity contribution is 0.0543. The number of rotatable bonds is 8. The van der Waals surface area contributed by atoms with Crippen molar-refractivity contribution in [2.45, 2.75) is 0 Å². The van der Waals surface area contributed by atoms with Crippen molar-refractivity contribution in [2.24, 2.45) is 5.73 Å². The van der Waals surface area contributed by atoms with Crippen molar-refractivity contribution < 1.29 is 14.2 Å². The Morgan fingerprint density at radius 3 is 2.61 bits per heavy atom. The van der Waals surface area contributed by atoms with Gasteiger partial charge in [-0.2, -0.15) is 0 Å². The van der Waals surface area contributed by atoms with Crippen LogP contribution in [0.5, 0.6) is 5.75 Å². The first kappa shape index (κ1) is 15.4. The minimum absolute atomic E-state index is 0.366. The summed E-state index contributed by atoms with van der Waals surface area (Å²) in [5.41, 5.74) is 6.34. The van der Waals surface area contributed by atoms with E-state index in [0.29, 0.717) is 31.4 Å². The molecule has 0 aromatic heterocycles. The van der Waals surface area contributed by atoms with E-state index in [-0.39, 0.29) is 0 Å². The molecule has 1 rings (SSSR count). The fourth-order valence-electron chi connectivity index (χ4n) is 1.23. The van der Waals surface area contributed by atoms with Crippen molar-refractivity contribution in [3.8, 4) is 5.75 Å². The lowest BCUT2D eigenvalue weighted by Gasteiger charge is -2.09. The number of benzene rings is 1. The van der Waals surface area contributed by atoms with E-state index in [0.717, 1.165) is 15.8 Å². The van der Waals surface area contributed by atoms with E-state index in [9.17, 15) is 0 Å². The summed E-state index contributed by atoms with van der Waals surface area (Å²) in [5.74, 6) is 0.741. The number of methoxy groups -OCH3 is 1. The molecule has 100 valence electrons. The van der Waals surface area contributed by atoms with Crippen molar-refractivity contribution in [3.05, 3.63) is 28.2 Å². The smallest absolute Gasteiger partial charge is 0.133 e. The van der Waals surface area contributed by atoms with Gasteiger partial charge in [-0.15, -0.1) is 0 Å². The van der Waals surface area contributed by atoms with Gasteiger partial charge in [-0.25, -0.2) is 0 Å². The standard InChI is InChI=1S/C12H16BrNO3S/c1-15-4-5-16-6-7-17-11-3-2-9(12(14)18)8-10(11)13/h2-3,8H,4-7H2,1H3,(H2,14,18). The summed E-state index contributed by atoms with van der Waals surface area (Å²) in [6, 6.07) is 5.49. The molecular weight excluding hydrogens is 318 g/mol. The first-order chi connectivity index (χ1) is 8.65. The van der Waals surface area contributed by atoms with E-state index in [2.05, 4.69) is 15.9 Å². The average Bonchev–Trinajstić information content (AvgIpc) is 2.35. The lowest BCUT2D eigenvalue weighted by atomic mass is 10.2. The zero-order valence-corrected chi connectivity index (χ0v) is 12.6. The number of halogens is 1. The molecule has 1 aromatic rings. The van der Waals surface area contributed by atoms with Crippen LogP contribution in [0.2, 0.25) is 0 Å². The van der Waals surface area contributed by atoms with Crippen LogP contribution in [0, 0.1) is 0 Å². The third kappa shape index (κ3) is 5.30. The third-order valence-electron chi connectivity index (χ3n) is 2.13. The van der Waals surface area contributed by atoms with E-state index >= 15 is 0 Å². The van der Waals surface area contributed by atoms with Gasteiger partial charge < -0.3 is 19.9 Å². The van der Waals surface area contributed by atoms with Crippen LogP contribution in [0.25, 0.3) is 0 Å². The molecule has 1 aromatic carbocycles. The molecule has 0 amide bonds. The van der Waals surface area contributed by atoms with Crippen LogP contribution < -0.4 is 10.5 Å². The predicted molar refractivity (Wildman–Crippen MR) is 78.2 cm³/mol.